The Bertz CT molecular complexity index is 145. The van der Waals surface area contributed by atoms with E-state index in [0.29, 0.717) is 0 Å². The van der Waals surface area contributed by atoms with E-state index in [0.717, 1.165) is 12.6 Å². The van der Waals surface area contributed by atoms with Gasteiger partial charge in [0, 0.05) is 19.8 Å². The molecule has 1 rings (SSSR count). The Morgan fingerprint density at radius 2 is 1.93 bits per heavy atom. The van der Waals surface area contributed by atoms with Crippen LogP contribution in [0.3, 0.4) is 0 Å². The maximum Gasteiger partial charge on any atom is 0.0462 e. The van der Waals surface area contributed by atoms with Gasteiger partial charge in [-0.2, -0.15) is 0 Å². The van der Waals surface area contributed by atoms with Crippen LogP contribution in [-0.4, -0.2) is 51.3 Å². The molecule has 0 aromatic heterocycles. The number of piperidine rings is 1. The van der Waals surface area contributed by atoms with Gasteiger partial charge < -0.3 is 15.0 Å². The van der Waals surface area contributed by atoms with Crippen LogP contribution in [0.15, 0.2) is 0 Å². The zero-order valence-electron chi connectivity index (χ0n) is 10.3. The van der Waals surface area contributed by atoms with E-state index in [2.05, 4.69) is 17.3 Å². The summed E-state index contributed by atoms with van der Waals surface area (Å²) in [6.45, 7) is 4.74. The zero-order valence-corrected chi connectivity index (χ0v) is 10.3. The van der Waals surface area contributed by atoms with Crippen LogP contribution in [0.5, 0.6) is 0 Å². The second-order valence-electron chi connectivity index (χ2n) is 4.46. The third-order valence-corrected chi connectivity index (χ3v) is 3.32. The zero-order chi connectivity index (χ0) is 10.9. The molecule has 0 aromatic carbocycles. The minimum Gasteiger partial charge on any atom is -0.385 e. The molecule has 1 fully saturated rings. The fraction of sp³-hybridized carbons (Fsp3) is 1.00. The Hall–Kier alpha value is -0.120. The maximum absolute atomic E-state index is 5.04. The quantitative estimate of drug-likeness (QED) is 0.650. The summed E-state index contributed by atoms with van der Waals surface area (Å²) in [5.74, 6) is 0. The summed E-state index contributed by atoms with van der Waals surface area (Å²) in [4.78, 5) is 2.60. The van der Waals surface area contributed by atoms with Gasteiger partial charge in [0.1, 0.15) is 0 Å². The van der Waals surface area contributed by atoms with Gasteiger partial charge in [-0.25, -0.2) is 0 Å². The first kappa shape index (κ1) is 12.9. The number of nitrogens with one attached hydrogen (secondary N) is 1. The second kappa shape index (κ2) is 8.08. The lowest BCUT2D eigenvalue weighted by molar-refractivity contribution is 0.180. The molecule has 0 amide bonds. The normalized spacial score (nSPS) is 19.6. The molecule has 0 unspecified atom stereocenters. The molecular formula is C12H26N2O. The highest BCUT2D eigenvalue weighted by Gasteiger charge is 2.16. The van der Waals surface area contributed by atoms with Crippen molar-refractivity contribution in [1.82, 2.24) is 10.2 Å². The molecule has 3 nitrogen and oxygen atoms in total. The minimum atomic E-state index is 0.759. The lowest BCUT2D eigenvalue weighted by Crippen LogP contribution is -2.41. The Balaban J connectivity index is 1.94. The molecule has 1 aliphatic rings. The molecule has 3 heteroatoms. The van der Waals surface area contributed by atoms with Gasteiger partial charge in [0.05, 0.1) is 0 Å². The van der Waals surface area contributed by atoms with Crippen LogP contribution in [-0.2, 0) is 4.74 Å². The highest BCUT2D eigenvalue weighted by Crippen LogP contribution is 2.10. The van der Waals surface area contributed by atoms with Gasteiger partial charge >= 0.3 is 0 Å². The number of hydrogen-bond donors (Lipinski definition) is 1. The summed E-state index contributed by atoms with van der Waals surface area (Å²) in [7, 11) is 3.85. The van der Waals surface area contributed by atoms with Crippen molar-refractivity contribution < 1.29 is 4.74 Å². The van der Waals surface area contributed by atoms with E-state index in [4.69, 9.17) is 4.74 Å². The molecule has 90 valence electrons. The molecule has 1 N–H and O–H groups in total. The first-order valence-corrected chi connectivity index (χ1v) is 6.25. The second-order valence-corrected chi connectivity index (χ2v) is 4.46. The Kier molecular flexibility index (Phi) is 6.98. The summed E-state index contributed by atoms with van der Waals surface area (Å²) >= 11 is 0. The average molecular weight is 214 g/mol. The van der Waals surface area contributed by atoms with Gasteiger partial charge in [-0.3, -0.25) is 0 Å². The highest BCUT2D eigenvalue weighted by atomic mass is 16.5. The summed E-state index contributed by atoms with van der Waals surface area (Å²) in [5.41, 5.74) is 0. The van der Waals surface area contributed by atoms with Crippen LogP contribution in [0.1, 0.15) is 32.1 Å². The fourth-order valence-corrected chi connectivity index (χ4v) is 2.20. The van der Waals surface area contributed by atoms with E-state index in [9.17, 15) is 0 Å². The number of likely N-dealkylation sites (tertiary alicyclic amines) is 1. The molecular weight excluding hydrogens is 188 g/mol. The number of methoxy groups -OCH3 is 1. The van der Waals surface area contributed by atoms with E-state index in [-0.39, 0.29) is 0 Å². The van der Waals surface area contributed by atoms with Crippen molar-refractivity contribution in [2.45, 2.75) is 38.1 Å². The smallest absolute Gasteiger partial charge is 0.0462 e. The number of hydrogen-bond acceptors (Lipinski definition) is 3. The van der Waals surface area contributed by atoms with Gasteiger partial charge in [0.2, 0.25) is 0 Å². The number of nitrogens with zero attached hydrogens (tertiary/aromatic N) is 1. The van der Waals surface area contributed by atoms with Crippen molar-refractivity contribution >= 4 is 0 Å². The number of ether oxygens (including phenoxy) is 1. The van der Waals surface area contributed by atoms with Crippen LogP contribution in [0.4, 0.5) is 0 Å². The minimum absolute atomic E-state index is 0.759. The monoisotopic (exact) mass is 214 g/mol. The average Bonchev–Trinajstić information content (AvgIpc) is 2.30. The Morgan fingerprint density at radius 3 is 2.53 bits per heavy atom. The van der Waals surface area contributed by atoms with Crippen LogP contribution >= 0.6 is 0 Å². The Morgan fingerprint density at radius 1 is 1.20 bits per heavy atom. The van der Waals surface area contributed by atoms with Gasteiger partial charge in [-0.05, 0) is 58.8 Å². The van der Waals surface area contributed by atoms with Crippen molar-refractivity contribution in [1.29, 1.82) is 0 Å². The summed E-state index contributed by atoms with van der Waals surface area (Å²) in [6.07, 6.45) is 6.47. The van der Waals surface area contributed by atoms with Gasteiger partial charge in [-0.15, -0.1) is 0 Å². The van der Waals surface area contributed by atoms with Gasteiger partial charge in [0.15, 0.2) is 0 Å². The molecule has 0 saturated carbocycles. The van der Waals surface area contributed by atoms with E-state index in [1.807, 2.05) is 0 Å². The van der Waals surface area contributed by atoms with Crippen LogP contribution in [0.25, 0.3) is 0 Å². The van der Waals surface area contributed by atoms with E-state index in [1.54, 1.807) is 7.11 Å². The van der Waals surface area contributed by atoms with Crippen molar-refractivity contribution in [3.05, 3.63) is 0 Å². The SMILES string of the molecule is CNC1CCN(CCCCCOC)CC1. The molecule has 0 radical (unpaired) electrons. The van der Waals surface area contributed by atoms with Crippen molar-refractivity contribution in [2.24, 2.45) is 0 Å². The fourth-order valence-electron chi connectivity index (χ4n) is 2.20. The van der Waals surface area contributed by atoms with Crippen LogP contribution in [0, 0.1) is 0 Å². The molecule has 1 aliphatic heterocycles. The third-order valence-electron chi connectivity index (χ3n) is 3.32. The first-order chi connectivity index (χ1) is 7.36. The van der Waals surface area contributed by atoms with Crippen LogP contribution in [0.2, 0.25) is 0 Å². The van der Waals surface area contributed by atoms with E-state index in [1.165, 1.54) is 51.7 Å². The highest BCUT2D eigenvalue weighted by molar-refractivity contribution is 4.75. The topological polar surface area (TPSA) is 24.5 Å². The van der Waals surface area contributed by atoms with E-state index >= 15 is 0 Å². The van der Waals surface area contributed by atoms with Gasteiger partial charge in [0.25, 0.3) is 0 Å². The van der Waals surface area contributed by atoms with Crippen molar-refractivity contribution in [3.8, 4) is 0 Å². The van der Waals surface area contributed by atoms with E-state index < -0.39 is 0 Å². The summed E-state index contributed by atoms with van der Waals surface area (Å²) in [6, 6.07) is 0.759. The lowest BCUT2D eigenvalue weighted by atomic mass is 10.1. The first-order valence-electron chi connectivity index (χ1n) is 6.25. The predicted molar refractivity (Wildman–Crippen MR) is 64.2 cm³/mol. The molecule has 0 spiro atoms. The lowest BCUT2D eigenvalue weighted by Gasteiger charge is -2.31. The predicted octanol–water partition coefficient (Wildman–Crippen LogP) is 1.49. The van der Waals surface area contributed by atoms with Crippen molar-refractivity contribution in [2.75, 3.05) is 40.4 Å². The molecule has 0 atom stereocenters. The number of rotatable bonds is 7. The molecule has 1 saturated heterocycles. The molecule has 0 aromatic rings. The van der Waals surface area contributed by atoms with Crippen molar-refractivity contribution in [3.63, 3.8) is 0 Å². The maximum atomic E-state index is 5.04. The summed E-state index contributed by atoms with van der Waals surface area (Å²) < 4.78 is 5.04. The largest absolute Gasteiger partial charge is 0.385 e. The summed E-state index contributed by atoms with van der Waals surface area (Å²) in [5, 5.41) is 3.37. The molecule has 15 heavy (non-hydrogen) atoms. The molecule has 0 bridgehead atoms. The van der Waals surface area contributed by atoms with Crippen LogP contribution < -0.4 is 5.32 Å². The van der Waals surface area contributed by atoms with Gasteiger partial charge in [-0.1, -0.05) is 0 Å². The Labute approximate surface area is 94.2 Å². The standard InChI is InChI=1S/C12H26N2O/c1-13-12-6-9-14(10-7-12)8-4-3-5-11-15-2/h12-13H,3-11H2,1-2H3. The molecule has 1 heterocycles. The molecule has 0 aliphatic carbocycles. The third kappa shape index (κ3) is 5.50. The number of unbranched alkanes of at least 4 members (excludes halogenated alkanes) is 2.